The molecular formula is C33H36F2N4O9S. The summed E-state index contributed by atoms with van der Waals surface area (Å²) in [7, 11) is -1.70. The summed E-state index contributed by atoms with van der Waals surface area (Å²) in [6, 6.07) is 9.31. The number of methoxy groups -OCH3 is 2. The van der Waals surface area contributed by atoms with E-state index in [1.807, 2.05) is 0 Å². The summed E-state index contributed by atoms with van der Waals surface area (Å²) in [5.41, 5.74) is 3.28. The van der Waals surface area contributed by atoms with Crippen molar-refractivity contribution >= 4 is 45.1 Å². The van der Waals surface area contributed by atoms with Crippen molar-refractivity contribution in [1.29, 1.82) is 0 Å². The number of benzene rings is 3. The monoisotopic (exact) mass is 702 g/mol. The van der Waals surface area contributed by atoms with E-state index in [4.69, 9.17) is 10.5 Å². The number of nitrogens with one attached hydrogen (secondary N) is 2. The number of amides is 3. The Morgan fingerprint density at radius 1 is 1.02 bits per heavy atom. The molecule has 13 nitrogen and oxygen atoms in total. The van der Waals surface area contributed by atoms with Crippen LogP contribution in [0, 0.1) is 17.6 Å². The third-order valence-corrected chi connectivity index (χ3v) is 10.5. The first-order chi connectivity index (χ1) is 23.1. The summed E-state index contributed by atoms with van der Waals surface area (Å²) in [5, 5.41) is 15.9. The van der Waals surface area contributed by atoms with Crippen LogP contribution in [0.15, 0.2) is 59.5 Å². The Balaban J connectivity index is 1.99. The first kappa shape index (κ1) is 36.6. The number of rotatable bonds is 12. The molecule has 0 saturated carbocycles. The molecule has 262 valence electrons. The zero-order valence-corrected chi connectivity index (χ0v) is 27.9. The van der Waals surface area contributed by atoms with Crippen LogP contribution in [0.5, 0.6) is 5.75 Å². The Kier molecular flexibility index (Phi) is 10.8. The fourth-order valence-electron chi connectivity index (χ4n) is 6.29. The molecule has 1 fully saturated rings. The molecule has 1 unspecified atom stereocenters. The highest BCUT2D eigenvalue weighted by atomic mass is 32.2. The van der Waals surface area contributed by atoms with Gasteiger partial charge in [0.15, 0.2) is 21.4 Å². The van der Waals surface area contributed by atoms with Gasteiger partial charge in [0.25, 0.3) is 5.91 Å². The number of halogens is 2. The van der Waals surface area contributed by atoms with Gasteiger partial charge in [-0.3, -0.25) is 19.7 Å². The largest absolute Gasteiger partial charge is 0.494 e. The molecule has 0 radical (unpaired) electrons. The number of hydrogen-bond acceptors (Lipinski definition) is 9. The molecule has 3 atom stereocenters. The lowest BCUT2D eigenvalue weighted by molar-refractivity contribution is -0.148. The predicted octanol–water partition coefficient (Wildman–Crippen LogP) is 4.44. The lowest BCUT2D eigenvalue weighted by atomic mass is 9.76. The van der Waals surface area contributed by atoms with Crippen molar-refractivity contribution in [2.45, 2.75) is 43.2 Å². The van der Waals surface area contributed by atoms with Crippen LogP contribution in [0.25, 0.3) is 0 Å². The Hall–Kier alpha value is -5.25. The van der Waals surface area contributed by atoms with Gasteiger partial charge in [-0.05, 0) is 72.5 Å². The number of carboxylic acids is 1. The summed E-state index contributed by atoms with van der Waals surface area (Å²) in [4.78, 5) is 52.9. The number of carbonyl (C=O) groups excluding carboxylic acids is 3. The number of primary amides is 1. The SMILES string of the molecule is CC[C@]1(c2cc(NC(=O)OC)ccc2S(=O)(=O)CC)[C@@H](C(=O)O)CCN1C(=O)C(Nc1ccc(F)c(C(N)=O)c1)c1ccc(F)c(OC)c1. The van der Waals surface area contributed by atoms with Crippen LogP contribution in [0.1, 0.15) is 54.2 Å². The number of nitrogens with zero attached hydrogens (tertiary/aromatic N) is 1. The molecule has 1 heterocycles. The number of hydrogen-bond donors (Lipinski definition) is 4. The van der Waals surface area contributed by atoms with Crippen molar-refractivity contribution in [3.8, 4) is 5.75 Å². The fraction of sp³-hybridized carbons (Fsp3) is 0.333. The second-order valence-corrected chi connectivity index (χ2v) is 13.5. The molecule has 4 rings (SSSR count). The van der Waals surface area contributed by atoms with E-state index in [0.29, 0.717) is 0 Å². The van der Waals surface area contributed by atoms with Crippen LogP contribution in [0.2, 0.25) is 0 Å². The zero-order valence-electron chi connectivity index (χ0n) is 27.1. The number of aliphatic carboxylic acids is 1. The molecule has 0 bridgehead atoms. The Bertz CT molecular complexity index is 1910. The van der Waals surface area contributed by atoms with Gasteiger partial charge < -0.3 is 30.5 Å². The molecule has 1 aliphatic heterocycles. The summed E-state index contributed by atoms with van der Waals surface area (Å²) >= 11 is 0. The van der Waals surface area contributed by atoms with Crippen molar-refractivity contribution in [2.24, 2.45) is 11.7 Å². The number of carbonyl (C=O) groups is 4. The average Bonchev–Trinajstić information content (AvgIpc) is 3.48. The molecule has 1 saturated heterocycles. The highest BCUT2D eigenvalue weighted by Crippen LogP contribution is 2.50. The minimum absolute atomic E-state index is 0.0442. The van der Waals surface area contributed by atoms with Gasteiger partial charge in [-0.2, -0.15) is 0 Å². The van der Waals surface area contributed by atoms with Gasteiger partial charge in [0.2, 0.25) is 5.91 Å². The van der Waals surface area contributed by atoms with Gasteiger partial charge in [-0.15, -0.1) is 0 Å². The quantitative estimate of drug-likeness (QED) is 0.210. The topological polar surface area (TPSA) is 194 Å². The molecule has 0 aliphatic carbocycles. The van der Waals surface area contributed by atoms with E-state index in [-0.39, 0.29) is 58.3 Å². The van der Waals surface area contributed by atoms with E-state index in [1.165, 1.54) is 55.3 Å². The van der Waals surface area contributed by atoms with E-state index in [9.17, 15) is 41.5 Å². The molecule has 5 N–H and O–H groups in total. The van der Waals surface area contributed by atoms with Crippen LogP contribution in [-0.4, -0.2) is 68.8 Å². The van der Waals surface area contributed by atoms with Crippen LogP contribution < -0.4 is 21.1 Å². The van der Waals surface area contributed by atoms with Crippen molar-refractivity contribution in [3.63, 3.8) is 0 Å². The van der Waals surface area contributed by atoms with Crippen LogP contribution in [0.4, 0.5) is 25.0 Å². The van der Waals surface area contributed by atoms with E-state index < -0.39 is 68.4 Å². The Morgan fingerprint density at radius 2 is 1.69 bits per heavy atom. The summed E-state index contributed by atoms with van der Waals surface area (Å²) in [5.74, 6) is -6.71. The Morgan fingerprint density at radius 3 is 2.29 bits per heavy atom. The van der Waals surface area contributed by atoms with E-state index in [0.717, 1.165) is 25.3 Å². The first-order valence-corrected chi connectivity index (χ1v) is 16.8. The minimum atomic E-state index is -4.04. The lowest BCUT2D eigenvalue weighted by Gasteiger charge is -2.43. The maximum absolute atomic E-state index is 14.9. The molecular weight excluding hydrogens is 666 g/mol. The number of likely N-dealkylation sites (tertiary alicyclic amines) is 1. The molecule has 3 amide bonds. The number of anilines is 2. The summed E-state index contributed by atoms with van der Waals surface area (Å²) in [6.07, 6.45) is -1.05. The molecule has 0 aromatic heterocycles. The number of carboxylic acid groups (broad SMARTS) is 1. The van der Waals surface area contributed by atoms with Gasteiger partial charge >= 0.3 is 12.1 Å². The van der Waals surface area contributed by atoms with Crippen LogP contribution >= 0.6 is 0 Å². The number of sulfone groups is 1. The van der Waals surface area contributed by atoms with Crippen LogP contribution in [-0.2, 0) is 29.7 Å². The van der Waals surface area contributed by atoms with Crippen LogP contribution in [0.3, 0.4) is 0 Å². The molecule has 16 heteroatoms. The van der Waals surface area contributed by atoms with Gasteiger partial charge in [0.1, 0.15) is 11.9 Å². The van der Waals surface area contributed by atoms with E-state index in [2.05, 4.69) is 15.4 Å². The predicted molar refractivity (Wildman–Crippen MR) is 174 cm³/mol. The summed E-state index contributed by atoms with van der Waals surface area (Å²) in [6.45, 7) is 2.86. The molecule has 3 aromatic carbocycles. The second kappa shape index (κ2) is 14.5. The average molecular weight is 703 g/mol. The number of ether oxygens (including phenoxy) is 2. The normalized spacial score (nSPS) is 18.0. The third-order valence-electron chi connectivity index (χ3n) is 8.69. The van der Waals surface area contributed by atoms with Crippen molar-refractivity contribution in [1.82, 2.24) is 4.90 Å². The zero-order chi connectivity index (χ0) is 36.3. The smallest absolute Gasteiger partial charge is 0.411 e. The molecule has 1 aliphatic rings. The number of nitrogens with two attached hydrogens (primary N) is 1. The van der Waals surface area contributed by atoms with Gasteiger partial charge in [-0.25, -0.2) is 22.0 Å². The highest BCUT2D eigenvalue weighted by molar-refractivity contribution is 7.91. The van der Waals surface area contributed by atoms with E-state index >= 15 is 0 Å². The molecule has 3 aromatic rings. The summed E-state index contributed by atoms with van der Waals surface area (Å²) < 4.78 is 65.7. The molecule has 49 heavy (non-hydrogen) atoms. The first-order valence-electron chi connectivity index (χ1n) is 15.1. The van der Waals surface area contributed by atoms with Crippen molar-refractivity contribution < 1.29 is 51.0 Å². The van der Waals surface area contributed by atoms with Gasteiger partial charge in [-0.1, -0.05) is 19.9 Å². The highest BCUT2D eigenvalue weighted by Gasteiger charge is 2.56. The Labute approximate surface area is 281 Å². The van der Waals surface area contributed by atoms with Crippen molar-refractivity contribution in [2.75, 3.05) is 37.2 Å². The minimum Gasteiger partial charge on any atom is -0.494 e. The van der Waals surface area contributed by atoms with E-state index in [1.54, 1.807) is 6.92 Å². The van der Waals surface area contributed by atoms with Gasteiger partial charge in [0, 0.05) is 17.9 Å². The standard InChI is InChI=1S/C33H36F2N4O9S/c1-5-33(23-17-20(38-32(44)48-4)9-12-27(23)49(45,46)6-2)22(31(42)43)13-14-39(33)30(41)28(18-7-10-25(35)26(15-18)47-3)37-19-8-11-24(34)21(16-19)29(36)40/h7-12,15-17,22,28,37H,5-6,13-14H2,1-4H3,(H2,36,40)(H,38,44)(H,42,43)/t22-,28?,33-/m1/s1. The lowest BCUT2D eigenvalue weighted by Crippen LogP contribution is -2.52. The molecule has 0 spiro atoms. The third kappa shape index (κ3) is 6.99. The maximum atomic E-state index is 14.9. The fourth-order valence-corrected chi connectivity index (χ4v) is 7.45. The van der Waals surface area contributed by atoms with Crippen molar-refractivity contribution in [3.05, 3.63) is 82.9 Å². The second-order valence-electron chi connectivity index (χ2n) is 11.2. The maximum Gasteiger partial charge on any atom is 0.411 e. The van der Waals surface area contributed by atoms with Gasteiger partial charge in [0.05, 0.1) is 41.9 Å².